The van der Waals surface area contributed by atoms with Crippen molar-refractivity contribution < 1.29 is 9.53 Å². The third-order valence-corrected chi connectivity index (χ3v) is 7.44. The predicted molar refractivity (Wildman–Crippen MR) is 142 cm³/mol. The minimum Gasteiger partial charge on any atom is -0.480 e. The number of carbonyl (C=O) groups excluding carboxylic acids is 1. The molecule has 4 nitrogen and oxygen atoms in total. The number of para-hydroxylation sites is 2. The molecule has 0 aliphatic heterocycles. The summed E-state index contributed by atoms with van der Waals surface area (Å²) < 4.78 is 5.66. The van der Waals surface area contributed by atoms with Gasteiger partial charge in [0.15, 0.2) is 0 Å². The lowest BCUT2D eigenvalue weighted by Gasteiger charge is -2.33. The average molecular weight is 471 g/mol. The molecule has 174 valence electrons. The molecule has 5 heteroatoms. The quantitative estimate of drug-likeness (QED) is 0.314. The van der Waals surface area contributed by atoms with Gasteiger partial charge in [0.2, 0.25) is 0 Å². The third-order valence-electron chi connectivity index (χ3n) is 6.28. The fourth-order valence-corrected chi connectivity index (χ4v) is 5.59. The molecule has 0 unspecified atom stereocenters. The van der Waals surface area contributed by atoms with Crippen LogP contribution >= 0.6 is 11.3 Å². The molecule has 1 heterocycles. The molecule has 1 aliphatic rings. The van der Waals surface area contributed by atoms with Crippen molar-refractivity contribution in [3.05, 3.63) is 76.2 Å². The van der Waals surface area contributed by atoms with Crippen LogP contribution in [0.2, 0.25) is 0 Å². The highest BCUT2D eigenvalue weighted by Gasteiger charge is 2.33. The van der Waals surface area contributed by atoms with Gasteiger partial charge < -0.3 is 10.1 Å². The van der Waals surface area contributed by atoms with Crippen molar-refractivity contribution in [3.8, 4) is 18.1 Å². The number of fused-ring (bicyclic) bond motifs is 1. The summed E-state index contributed by atoms with van der Waals surface area (Å²) in [6.07, 6.45) is 10.1. The Labute approximate surface area is 206 Å². The van der Waals surface area contributed by atoms with Crippen molar-refractivity contribution in [2.75, 3.05) is 11.9 Å². The summed E-state index contributed by atoms with van der Waals surface area (Å²) in [4.78, 5) is 19.5. The van der Waals surface area contributed by atoms with Gasteiger partial charge in [0, 0.05) is 22.3 Å². The molecule has 0 saturated carbocycles. The third kappa shape index (κ3) is 5.40. The molecule has 1 N–H and O–H groups in total. The molecule has 3 aromatic rings. The second-order valence-electron chi connectivity index (χ2n) is 9.60. The molecule has 1 amide bonds. The van der Waals surface area contributed by atoms with E-state index in [0.717, 1.165) is 41.1 Å². The number of terminal acetylenes is 1. The minimum absolute atomic E-state index is 0.109. The van der Waals surface area contributed by atoms with Crippen molar-refractivity contribution in [3.63, 3.8) is 0 Å². The van der Waals surface area contributed by atoms with Crippen LogP contribution in [0, 0.1) is 23.7 Å². The first-order chi connectivity index (χ1) is 16.4. The highest BCUT2D eigenvalue weighted by Crippen LogP contribution is 2.45. The van der Waals surface area contributed by atoms with Crippen LogP contribution in [-0.4, -0.2) is 18.7 Å². The smallest absolute Gasteiger partial charge is 0.259 e. The van der Waals surface area contributed by atoms with Crippen molar-refractivity contribution in [2.45, 2.75) is 40.0 Å². The van der Waals surface area contributed by atoms with Crippen LogP contribution in [0.5, 0.6) is 5.75 Å². The first-order valence-corrected chi connectivity index (χ1v) is 12.4. The largest absolute Gasteiger partial charge is 0.480 e. The lowest BCUT2D eigenvalue weighted by atomic mass is 9.72. The van der Waals surface area contributed by atoms with E-state index in [-0.39, 0.29) is 17.9 Å². The molecule has 34 heavy (non-hydrogen) atoms. The summed E-state index contributed by atoms with van der Waals surface area (Å²) in [6.45, 7) is 7.08. The van der Waals surface area contributed by atoms with Gasteiger partial charge in [-0.1, -0.05) is 57.0 Å². The first-order valence-electron chi connectivity index (χ1n) is 11.6. The number of rotatable bonds is 6. The first kappa shape index (κ1) is 23.8. The van der Waals surface area contributed by atoms with E-state index in [4.69, 9.17) is 16.2 Å². The molecular weight excluding hydrogens is 440 g/mol. The van der Waals surface area contributed by atoms with Crippen LogP contribution < -0.4 is 10.1 Å². The van der Waals surface area contributed by atoms with Crippen molar-refractivity contribution in [2.24, 2.45) is 16.3 Å². The van der Waals surface area contributed by atoms with Gasteiger partial charge >= 0.3 is 0 Å². The van der Waals surface area contributed by atoms with Crippen LogP contribution in [0.4, 0.5) is 10.7 Å². The van der Waals surface area contributed by atoms with E-state index >= 15 is 0 Å². The molecule has 0 radical (unpaired) electrons. The maximum Gasteiger partial charge on any atom is 0.259 e. The number of hydrogen-bond acceptors (Lipinski definition) is 4. The molecule has 0 fully saturated rings. The molecule has 2 aromatic carbocycles. The highest BCUT2D eigenvalue weighted by atomic mass is 32.1. The number of nitrogens with one attached hydrogen (secondary N) is 1. The van der Waals surface area contributed by atoms with Crippen LogP contribution in [0.1, 0.15) is 53.6 Å². The SMILES string of the molecule is C#CCOc1ccccc1C=Nc1sc2c(c1C(=O)Nc1ccccc1)CC[C@H](C(C)(C)C)C2. The standard InChI is InChI=1S/C29H30N2O2S/c1-5-17-33-24-14-10-9-11-20(24)19-30-28-26(27(32)31-22-12-7-6-8-13-22)23-16-15-21(29(2,3)4)18-25(23)34-28/h1,6-14,19,21H,15-18H2,2-4H3,(H,31,32)/t21-/m0/s1. The van der Waals surface area contributed by atoms with E-state index in [1.165, 1.54) is 4.88 Å². The zero-order valence-corrected chi connectivity index (χ0v) is 20.7. The lowest BCUT2D eigenvalue weighted by molar-refractivity contribution is 0.102. The number of ether oxygens (including phenoxy) is 1. The maximum atomic E-state index is 13.4. The topological polar surface area (TPSA) is 50.7 Å². The van der Waals surface area contributed by atoms with E-state index in [1.54, 1.807) is 17.6 Å². The number of aliphatic imine (C=N–C) groups is 1. The lowest BCUT2D eigenvalue weighted by Crippen LogP contribution is -2.27. The Hall–Kier alpha value is -3.36. The number of nitrogens with zero attached hydrogens (tertiary/aromatic N) is 1. The molecule has 1 aliphatic carbocycles. The Morgan fingerprint density at radius 3 is 2.68 bits per heavy atom. The fourth-order valence-electron chi connectivity index (χ4n) is 4.32. The van der Waals surface area contributed by atoms with Crippen molar-refractivity contribution in [1.29, 1.82) is 0 Å². The predicted octanol–water partition coefficient (Wildman–Crippen LogP) is 6.91. The second-order valence-corrected chi connectivity index (χ2v) is 10.7. The Morgan fingerprint density at radius 1 is 1.21 bits per heavy atom. The molecule has 1 atom stereocenters. The van der Waals surface area contributed by atoms with Gasteiger partial charge in [0.25, 0.3) is 5.91 Å². The van der Waals surface area contributed by atoms with Crippen LogP contribution in [0.25, 0.3) is 0 Å². The summed E-state index contributed by atoms with van der Waals surface area (Å²) >= 11 is 1.63. The van der Waals surface area contributed by atoms with Gasteiger partial charge in [0.05, 0.1) is 5.56 Å². The number of amides is 1. The molecule has 0 saturated heterocycles. The van der Waals surface area contributed by atoms with Gasteiger partial charge in [-0.2, -0.15) is 0 Å². The molecule has 0 spiro atoms. The van der Waals surface area contributed by atoms with E-state index in [0.29, 0.717) is 17.2 Å². The fraction of sp³-hybridized carbons (Fsp3) is 0.310. The highest BCUT2D eigenvalue weighted by molar-refractivity contribution is 7.16. The Morgan fingerprint density at radius 2 is 1.94 bits per heavy atom. The van der Waals surface area contributed by atoms with E-state index in [2.05, 4.69) is 32.0 Å². The summed E-state index contributed by atoms with van der Waals surface area (Å²) in [5.41, 5.74) is 3.66. The average Bonchev–Trinajstić information content (AvgIpc) is 3.19. The second kappa shape index (κ2) is 10.3. The van der Waals surface area contributed by atoms with Gasteiger partial charge in [-0.05, 0) is 60.4 Å². The van der Waals surface area contributed by atoms with Crippen LogP contribution in [0.3, 0.4) is 0 Å². The summed E-state index contributed by atoms with van der Waals surface area (Å²) in [6, 6.07) is 17.2. The molecule has 1 aromatic heterocycles. The van der Waals surface area contributed by atoms with E-state index < -0.39 is 0 Å². The number of thiophene rings is 1. The summed E-state index contributed by atoms with van der Waals surface area (Å²) in [5.74, 6) is 3.64. The Bertz CT molecular complexity index is 1230. The van der Waals surface area contributed by atoms with Gasteiger partial charge in [-0.25, -0.2) is 4.99 Å². The molecule has 4 rings (SSSR count). The number of anilines is 1. The monoisotopic (exact) mass is 470 g/mol. The summed E-state index contributed by atoms with van der Waals surface area (Å²) in [5, 5.41) is 3.80. The van der Waals surface area contributed by atoms with Gasteiger partial charge in [-0.3, -0.25) is 4.79 Å². The Balaban J connectivity index is 1.70. The zero-order chi connectivity index (χ0) is 24.1. The normalized spacial score (nSPS) is 15.5. The van der Waals surface area contributed by atoms with Crippen molar-refractivity contribution in [1.82, 2.24) is 0 Å². The van der Waals surface area contributed by atoms with Crippen LogP contribution in [-0.2, 0) is 12.8 Å². The maximum absolute atomic E-state index is 13.4. The number of hydrogen-bond donors (Lipinski definition) is 1. The summed E-state index contributed by atoms with van der Waals surface area (Å²) in [7, 11) is 0. The van der Waals surface area contributed by atoms with Crippen molar-refractivity contribution >= 4 is 34.1 Å². The van der Waals surface area contributed by atoms with E-state index in [9.17, 15) is 4.79 Å². The molecular formula is C29H30N2O2S. The Kier molecular flexibility index (Phi) is 7.19. The molecule has 0 bridgehead atoms. The number of benzene rings is 2. The van der Waals surface area contributed by atoms with E-state index in [1.807, 2.05) is 54.6 Å². The van der Waals surface area contributed by atoms with Gasteiger partial charge in [-0.15, -0.1) is 17.8 Å². The zero-order valence-electron chi connectivity index (χ0n) is 19.9. The minimum atomic E-state index is -0.109. The van der Waals surface area contributed by atoms with Crippen LogP contribution in [0.15, 0.2) is 59.6 Å². The number of carbonyl (C=O) groups is 1. The van der Waals surface area contributed by atoms with Gasteiger partial charge in [0.1, 0.15) is 17.4 Å².